The normalized spacial score (nSPS) is 19.2. The van der Waals surface area contributed by atoms with Crippen molar-refractivity contribution in [2.45, 2.75) is 50.0 Å². The van der Waals surface area contributed by atoms with Gasteiger partial charge >= 0.3 is 10.4 Å². The van der Waals surface area contributed by atoms with Gasteiger partial charge in [-0.05, 0) is 68.1 Å². The van der Waals surface area contributed by atoms with Crippen LogP contribution < -0.4 is 11.5 Å². The molecule has 3 aromatic carbocycles. The summed E-state index contributed by atoms with van der Waals surface area (Å²) in [5.74, 6) is 0.649. The van der Waals surface area contributed by atoms with Crippen LogP contribution in [0.4, 0.5) is 23.0 Å². The number of nitrogens with two attached hydrogens (primary N) is 2. The average Bonchev–Trinajstić information content (AvgIpc) is 3.20. The van der Waals surface area contributed by atoms with Crippen LogP contribution in [-0.2, 0) is 15.1 Å². The number of nitrogens with zero attached hydrogens (tertiary/aromatic N) is 4. The molecule has 0 radical (unpaired) electrons. The summed E-state index contributed by atoms with van der Waals surface area (Å²) in [5.41, 5.74) is 14.9. The SMILES string of the molecule is CN1C2CCC1CC(OC(c1ccccc1)c1ccccc1)C2.Cl.Nc1ccc(N=Nc2ccccc2)c(N)n1.O=S(=O)(O)O. The maximum atomic E-state index is 8.74. The van der Waals surface area contributed by atoms with Crippen LogP contribution in [0.15, 0.2) is 113 Å². The first-order chi connectivity index (χ1) is 21.1. The molecule has 1 aromatic heterocycles. The fourth-order valence-electron chi connectivity index (χ4n) is 5.44. The number of benzene rings is 3. The summed E-state index contributed by atoms with van der Waals surface area (Å²) in [6, 6.07) is 35.4. The Morgan fingerprint density at radius 3 is 1.73 bits per heavy atom. The maximum absolute atomic E-state index is 8.74. The Hall–Kier alpha value is -3.91. The van der Waals surface area contributed by atoms with Gasteiger partial charge in [0.15, 0.2) is 5.82 Å². The third-order valence-electron chi connectivity index (χ3n) is 7.54. The van der Waals surface area contributed by atoms with E-state index in [2.05, 4.69) is 87.8 Å². The number of fused-ring (bicyclic) bond motifs is 2. The smallest absolute Gasteiger partial charge is 0.384 e. The summed E-state index contributed by atoms with van der Waals surface area (Å²) >= 11 is 0. The van der Waals surface area contributed by atoms with E-state index in [9.17, 15) is 0 Å². The highest BCUT2D eigenvalue weighted by atomic mass is 35.5. The van der Waals surface area contributed by atoms with Crippen molar-refractivity contribution in [2.75, 3.05) is 18.5 Å². The van der Waals surface area contributed by atoms with E-state index < -0.39 is 10.4 Å². The molecule has 2 bridgehead atoms. The summed E-state index contributed by atoms with van der Waals surface area (Å²) < 4.78 is 38.2. The van der Waals surface area contributed by atoms with E-state index in [0.717, 1.165) is 5.69 Å². The molecule has 6 rings (SSSR count). The van der Waals surface area contributed by atoms with E-state index in [1.807, 2.05) is 30.3 Å². The topological polar surface area (TPSA) is 177 Å². The second-order valence-corrected chi connectivity index (χ2v) is 11.5. The monoisotopic (exact) mass is 654 g/mol. The number of hydrogen-bond donors (Lipinski definition) is 4. The van der Waals surface area contributed by atoms with Crippen LogP contribution in [0.1, 0.15) is 42.9 Å². The first kappa shape index (κ1) is 35.6. The number of pyridine rings is 1. The molecule has 45 heavy (non-hydrogen) atoms. The number of nitrogen functional groups attached to an aromatic ring is 2. The van der Waals surface area contributed by atoms with Crippen LogP contribution >= 0.6 is 12.4 Å². The molecule has 6 N–H and O–H groups in total. The number of anilines is 2. The Kier molecular flexibility index (Phi) is 13.4. The lowest BCUT2D eigenvalue weighted by molar-refractivity contribution is -0.0426. The van der Waals surface area contributed by atoms with Crippen LogP contribution in [0.3, 0.4) is 0 Å². The van der Waals surface area contributed by atoms with Crippen molar-refractivity contribution in [1.29, 1.82) is 0 Å². The summed E-state index contributed by atoms with van der Waals surface area (Å²) in [7, 11) is -2.38. The number of hydrogen-bond acceptors (Lipinski definition) is 9. The van der Waals surface area contributed by atoms with Crippen molar-refractivity contribution in [3.05, 3.63) is 114 Å². The quantitative estimate of drug-likeness (QED) is 0.128. The van der Waals surface area contributed by atoms with Crippen molar-refractivity contribution in [3.8, 4) is 0 Å². The van der Waals surface area contributed by atoms with Gasteiger partial charge < -0.3 is 21.1 Å². The largest absolute Gasteiger partial charge is 0.394 e. The molecule has 0 saturated carbocycles. The third kappa shape index (κ3) is 11.5. The molecule has 2 aliphatic rings. The van der Waals surface area contributed by atoms with Crippen molar-refractivity contribution < 1.29 is 22.3 Å². The van der Waals surface area contributed by atoms with Gasteiger partial charge in [-0.15, -0.1) is 17.5 Å². The second-order valence-electron chi connectivity index (χ2n) is 10.6. The molecule has 2 atom stereocenters. The number of azo groups is 1. The van der Waals surface area contributed by atoms with Gasteiger partial charge in [-0.3, -0.25) is 9.11 Å². The number of halogens is 1. The van der Waals surface area contributed by atoms with E-state index in [-0.39, 0.29) is 24.3 Å². The highest BCUT2D eigenvalue weighted by molar-refractivity contribution is 7.79. The van der Waals surface area contributed by atoms with Crippen LogP contribution in [0, 0.1) is 0 Å². The van der Waals surface area contributed by atoms with Crippen molar-refractivity contribution in [3.63, 3.8) is 0 Å². The Morgan fingerprint density at radius 2 is 1.27 bits per heavy atom. The van der Waals surface area contributed by atoms with E-state index in [1.165, 1.54) is 36.8 Å². The zero-order valence-electron chi connectivity index (χ0n) is 24.8. The maximum Gasteiger partial charge on any atom is 0.394 e. The molecule has 0 amide bonds. The first-order valence-electron chi connectivity index (χ1n) is 14.2. The molecule has 3 heterocycles. The Bertz CT molecular complexity index is 1540. The lowest BCUT2D eigenvalue weighted by Gasteiger charge is -2.38. The predicted molar refractivity (Wildman–Crippen MR) is 179 cm³/mol. The fourth-order valence-corrected chi connectivity index (χ4v) is 5.44. The molecule has 2 fully saturated rings. The van der Waals surface area contributed by atoms with E-state index in [0.29, 0.717) is 29.7 Å². The average molecular weight is 655 g/mol. The fraction of sp³-hybridized carbons (Fsp3) is 0.281. The van der Waals surface area contributed by atoms with Gasteiger partial charge in [-0.1, -0.05) is 78.9 Å². The van der Waals surface area contributed by atoms with Crippen molar-refractivity contribution >= 4 is 45.8 Å². The number of rotatable bonds is 6. The molecular formula is C32H39ClN6O5S. The standard InChI is InChI=1S/C21H25NO.C11H11N5.ClH.H2O4S/c1-22-18-12-13-19(22)15-20(14-18)23-21(16-8-4-2-5-9-16)17-10-6-3-7-11-17;12-10-7-6-9(11(13)14-10)16-15-8-4-2-1-3-5-8;;1-5(2,3)4/h2-11,18-21H,12-15H2,1H3;1-7H,(H4,12,13,14);1H;(H2,1,2,3,4). The zero-order chi connectivity index (χ0) is 31.5. The van der Waals surface area contributed by atoms with Gasteiger partial charge in [-0.25, -0.2) is 4.98 Å². The number of piperidine rings is 1. The molecule has 13 heteroatoms. The van der Waals surface area contributed by atoms with Crippen LogP contribution in [0.5, 0.6) is 0 Å². The molecule has 0 spiro atoms. The van der Waals surface area contributed by atoms with Gasteiger partial charge in [0, 0.05) is 12.1 Å². The van der Waals surface area contributed by atoms with Gasteiger partial charge in [-0.2, -0.15) is 13.5 Å². The minimum atomic E-state index is -4.67. The minimum Gasteiger partial charge on any atom is -0.384 e. The molecule has 2 saturated heterocycles. The molecule has 4 aromatic rings. The zero-order valence-corrected chi connectivity index (χ0v) is 26.5. The van der Waals surface area contributed by atoms with E-state index in [4.69, 9.17) is 33.7 Å². The van der Waals surface area contributed by atoms with Crippen LogP contribution in [0.25, 0.3) is 0 Å². The highest BCUT2D eigenvalue weighted by Crippen LogP contribution is 2.38. The summed E-state index contributed by atoms with van der Waals surface area (Å²) in [6.45, 7) is 0. The number of ether oxygens (including phenoxy) is 1. The van der Waals surface area contributed by atoms with Gasteiger partial charge in [0.25, 0.3) is 0 Å². The molecular weight excluding hydrogens is 616 g/mol. The summed E-state index contributed by atoms with van der Waals surface area (Å²) in [6.07, 6.45) is 5.43. The van der Waals surface area contributed by atoms with Gasteiger partial charge in [0.05, 0.1) is 11.8 Å². The Labute approximate surface area is 270 Å². The Balaban J connectivity index is 0.000000219. The highest BCUT2D eigenvalue weighted by Gasteiger charge is 2.39. The van der Waals surface area contributed by atoms with Crippen molar-refractivity contribution in [1.82, 2.24) is 9.88 Å². The summed E-state index contributed by atoms with van der Waals surface area (Å²) in [4.78, 5) is 6.46. The van der Waals surface area contributed by atoms with Crippen LogP contribution in [-0.4, -0.2) is 52.6 Å². The van der Waals surface area contributed by atoms with Crippen molar-refractivity contribution in [2.24, 2.45) is 10.2 Å². The molecule has 2 aliphatic heterocycles. The molecule has 2 unspecified atom stereocenters. The molecule has 11 nitrogen and oxygen atoms in total. The summed E-state index contributed by atoms with van der Waals surface area (Å²) in [5, 5.41) is 8.03. The Morgan fingerprint density at radius 1 is 0.800 bits per heavy atom. The number of aromatic nitrogens is 1. The van der Waals surface area contributed by atoms with Gasteiger partial charge in [0.1, 0.15) is 17.6 Å². The minimum absolute atomic E-state index is 0. The van der Waals surface area contributed by atoms with Gasteiger partial charge in [0.2, 0.25) is 0 Å². The van der Waals surface area contributed by atoms with E-state index >= 15 is 0 Å². The predicted octanol–water partition coefficient (Wildman–Crippen LogP) is 6.85. The third-order valence-corrected chi connectivity index (χ3v) is 7.54. The molecule has 240 valence electrons. The second kappa shape index (κ2) is 17.0. The lowest BCUT2D eigenvalue weighted by Crippen LogP contribution is -2.43. The first-order valence-corrected chi connectivity index (χ1v) is 15.6. The van der Waals surface area contributed by atoms with E-state index in [1.54, 1.807) is 12.1 Å². The van der Waals surface area contributed by atoms with Crippen LogP contribution in [0.2, 0.25) is 0 Å². The molecule has 0 aliphatic carbocycles. The lowest BCUT2D eigenvalue weighted by atomic mass is 9.97.